The van der Waals surface area contributed by atoms with Gasteiger partial charge < -0.3 is 10.1 Å². The number of nitriles is 1. The van der Waals surface area contributed by atoms with Gasteiger partial charge in [0.15, 0.2) is 0 Å². The highest BCUT2D eigenvalue weighted by Crippen LogP contribution is 2.33. The molecule has 2 atom stereocenters. The van der Waals surface area contributed by atoms with Crippen LogP contribution in [0.3, 0.4) is 0 Å². The Balaban J connectivity index is 2.22. The standard InChI is InChI=1S/C14H13F3N2O2/c1-8-4-5-21-12(8)13(20)19-10-3-2-9(7-18)11(6-10)14(15,16)17/h2-3,6,8,12H,4-5H2,1H3,(H,19,20). The molecule has 1 N–H and O–H groups in total. The second-order valence-electron chi connectivity index (χ2n) is 4.92. The average Bonchev–Trinajstić information content (AvgIpc) is 2.84. The maximum atomic E-state index is 12.8. The number of nitrogens with one attached hydrogen (secondary N) is 1. The molecule has 1 amide bonds. The Hall–Kier alpha value is -2.07. The first-order chi connectivity index (χ1) is 9.82. The molecule has 1 saturated heterocycles. The van der Waals surface area contributed by atoms with Crippen molar-refractivity contribution in [2.45, 2.75) is 25.6 Å². The summed E-state index contributed by atoms with van der Waals surface area (Å²) in [7, 11) is 0. The van der Waals surface area contributed by atoms with E-state index in [1.165, 1.54) is 12.1 Å². The van der Waals surface area contributed by atoms with Crippen LogP contribution in [0.1, 0.15) is 24.5 Å². The lowest BCUT2D eigenvalue weighted by Gasteiger charge is -2.16. The molecular weight excluding hydrogens is 285 g/mol. The maximum Gasteiger partial charge on any atom is 0.417 e. The quantitative estimate of drug-likeness (QED) is 0.913. The van der Waals surface area contributed by atoms with Crippen molar-refractivity contribution in [3.05, 3.63) is 29.3 Å². The molecule has 0 radical (unpaired) electrons. The van der Waals surface area contributed by atoms with Gasteiger partial charge in [0.2, 0.25) is 0 Å². The molecule has 0 spiro atoms. The van der Waals surface area contributed by atoms with E-state index in [9.17, 15) is 18.0 Å². The Morgan fingerprint density at radius 2 is 2.19 bits per heavy atom. The highest BCUT2D eigenvalue weighted by Gasteiger charge is 2.35. The van der Waals surface area contributed by atoms with Gasteiger partial charge in [0, 0.05) is 12.3 Å². The van der Waals surface area contributed by atoms with Crippen molar-refractivity contribution < 1.29 is 22.7 Å². The zero-order valence-corrected chi connectivity index (χ0v) is 11.2. The minimum Gasteiger partial charge on any atom is -0.368 e. The van der Waals surface area contributed by atoms with Crippen LogP contribution in [0.5, 0.6) is 0 Å². The summed E-state index contributed by atoms with van der Waals surface area (Å²) in [6, 6.07) is 4.56. The molecule has 21 heavy (non-hydrogen) atoms. The lowest BCUT2D eigenvalue weighted by atomic mass is 10.0. The van der Waals surface area contributed by atoms with Gasteiger partial charge in [0.1, 0.15) is 6.10 Å². The molecule has 0 aliphatic carbocycles. The van der Waals surface area contributed by atoms with Crippen molar-refractivity contribution in [1.29, 1.82) is 5.26 Å². The van der Waals surface area contributed by atoms with Crippen LogP contribution in [0.2, 0.25) is 0 Å². The van der Waals surface area contributed by atoms with E-state index in [1.54, 1.807) is 0 Å². The van der Waals surface area contributed by atoms with Crippen LogP contribution in [0.4, 0.5) is 18.9 Å². The number of hydrogen-bond donors (Lipinski definition) is 1. The fraction of sp³-hybridized carbons (Fsp3) is 0.429. The minimum atomic E-state index is -4.65. The van der Waals surface area contributed by atoms with E-state index >= 15 is 0 Å². The van der Waals surface area contributed by atoms with Crippen LogP contribution in [0.15, 0.2) is 18.2 Å². The van der Waals surface area contributed by atoms with Gasteiger partial charge in [-0.3, -0.25) is 4.79 Å². The smallest absolute Gasteiger partial charge is 0.368 e. The van der Waals surface area contributed by atoms with E-state index in [0.29, 0.717) is 6.61 Å². The Bertz CT molecular complexity index is 593. The first kappa shape index (κ1) is 15.3. The SMILES string of the molecule is CC1CCOC1C(=O)Nc1ccc(C#N)c(C(F)(F)F)c1. The second kappa shape index (κ2) is 5.74. The Morgan fingerprint density at radius 1 is 1.48 bits per heavy atom. The second-order valence-corrected chi connectivity index (χ2v) is 4.92. The van der Waals surface area contributed by atoms with Crippen LogP contribution < -0.4 is 5.32 Å². The molecule has 112 valence electrons. The summed E-state index contributed by atoms with van der Waals surface area (Å²) in [4.78, 5) is 12.0. The van der Waals surface area contributed by atoms with E-state index in [0.717, 1.165) is 18.6 Å². The third-order valence-electron chi connectivity index (χ3n) is 3.36. The average molecular weight is 298 g/mol. The molecule has 0 bridgehead atoms. The number of carbonyl (C=O) groups is 1. The maximum absolute atomic E-state index is 12.8. The summed E-state index contributed by atoms with van der Waals surface area (Å²) in [5.41, 5.74) is -1.55. The number of rotatable bonds is 2. The zero-order chi connectivity index (χ0) is 15.6. The van der Waals surface area contributed by atoms with Gasteiger partial charge >= 0.3 is 6.18 Å². The number of benzene rings is 1. The monoisotopic (exact) mass is 298 g/mol. The van der Waals surface area contributed by atoms with Crippen LogP contribution in [0, 0.1) is 17.2 Å². The number of ether oxygens (including phenoxy) is 1. The Morgan fingerprint density at radius 3 is 2.71 bits per heavy atom. The number of nitrogens with zero attached hydrogens (tertiary/aromatic N) is 1. The topological polar surface area (TPSA) is 62.1 Å². The van der Waals surface area contributed by atoms with E-state index in [1.807, 2.05) is 6.92 Å². The molecule has 1 aromatic rings. The van der Waals surface area contributed by atoms with E-state index in [-0.39, 0.29) is 11.6 Å². The molecule has 0 aromatic heterocycles. The van der Waals surface area contributed by atoms with E-state index in [2.05, 4.69) is 5.32 Å². The molecular formula is C14H13F3N2O2. The lowest BCUT2D eigenvalue weighted by molar-refractivity contribution is -0.137. The predicted molar refractivity (Wildman–Crippen MR) is 68.3 cm³/mol. The normalized spacial score (nSPS) is 21.9. The predicted octanol–water partition coefficient (Wildman–Crippen LogP) is 2.94. The molecule has 1 aromatic carbocycles. The molecule has 4 nitrogen and oxygen atoms in total. The molecule has 1 aliphatic rings. The molecule has 2 rings (SSSR count). The summed E-state index contributed by atoms with van der Waals surface area (Å²) >= 11 is 0. The summed E-state index contributed by atoms with van der Waals surface area (Å²) in [5, 5.41) is 11.1. The van der Waals surface area contributed by atoms with Gasteiger partial charge in [-0.15, -0.1) is 0 Å². The number of anilines is 1. The van der Waals surface area contributed by atoms with Crippen molar-refractivity contribution in [3.63, 3.8) is 0 Å². The molecule has 7 heteroatoms. The number of halogens is 3. The van der Waals surface area contributed by atoms with Gasteiger partial charge in [-0.25, -0.2) is 0 Å². The largest absolute Gasteiger partial charge is 0.417 e. The number of amides is 1. The first-order valence-corrected chi connectivity index (χ1v) is 6.36. The van der Waals surface area contributed by atoms with Gasteiger partial charge in [0.05, 0.1) is 17.2 Å². The number of alkyl halides is 3. The van der Waals surface area contributed by atoms with Crippen LogP contribution >= 0.6 is 0 Å². The molecule has 0 saturated carbocycles. The van der Waals surface area contributed by atoms with Gasteiger partial charge in [-0.05, 0) is 30.5 Å². The zero-order valence-electron chi connectivity index (χ0n) is 11.2. The minimum absolute atomic E-state index is 0.00553. The van der Waals surface area contributed by atoms with Crippen LogP contribution in [-0.2, 0) is 15.7 Å². The van der Waals surface area contributed by atoms with Crippen LogP contribution in [0.25, 0.3) is 0 Å². The Labute approximate surface area is 119 Å². The molecule has 1 fully saturated rings. The highest BCUT2D eigenvalue weighted by atomic mass is 19.4. The summed E-state index contributed by atoms with van der Waals surface area (Å²) in [6.07, 6.45) is -4.57. The highest BCUT2D eigenvalue weighted by molar-refractivity contribution is 5.94. The fourth-order valence-electron chi connectivity index (χ4n) is 2.20. The molecule has 1 heterocycles. The number of hydrogen-bond acceptors (Lipinski definition) is 3. The van der Waals surface area contributed by atoms with E-state index < -0.39 is 29.3 Å². The summed E-state index contributed by atoms with van der Waals surface area (Å²) in [6.45, 7) is 2.30. The first-order valence-electron chi connectivity index (χ1n) is 6.36. The van der Waals surface area contributed by atoms with Crippen molar-refractivity contribution >= 4 is 11.6 Å². The fourth-order valence-corrected chi connectivity index (χ4v) is 2.20. The van der Waals surface area contributed by atoms with Gasteiger partial charge in [0.25, 0.3) is 5.91 Å². The molecule has 2 unspecified atom stereocenters. The van der Waals surface area contributed by atoms with Crippen molar-refractivity contribution in [2.24, 2.45) is 5.92 Å². The van der Waals surface area contributed by atoms with E-state index in [4.69, 9.17) is 10.00 Å². The van der Waals surface area contributed by atoms with Crippen LogP contribution in [-0.4, -0.2) is 18.6 Å². The van der Waals surface area contributed by atoms with Crippen molar-refractivity contribution in [1.82, 2.24) is 0 Å². The number of carbonyl (C=O) groups excluding carboxylic acids is 1. The summed E-state index contributed by atoms with van der Waals surface area (Å²) in [5.74, 6) is -0.455. The van der Waals surface area contributed by atoms with Gasteiger partial charge in [-0.2, -0.15) is 18.4 Å². The molecule has 1 aliphatic heterocycles. The van der Waals surface area contributed by atoms with Crippen molar-refractivity contribution in [2.75, 3.05) is 11.9 Å². The third kappa shape index (κ3) is 3.34. The Kier molecular flexibility index (Phi) is 4.19. The van der Waals surface area contributed by atoms with Gasteiger partial charge in [-0.1, -0.05) is 6.92 Å². The van der Waals surface area contributed by atoms with Crippen molar-refractivity contribution in [3.8, 4) is 6.07 Å². The lowest BCUT2D eigenvalue weighted by Crippen LogP contribution is -2.31. The third-order valence-corrected chi connectivity index (χ3v) is 3.36. The summed E-state index contributed by atoms with van der Waals surface area (Å²) < 4.78 is 43.7.